The first-order chi connectivity index (χ1) is 11.4. The highest BCUT2D eigenvalue weighted by atomic mass is 32.2. The maximum Gasteiger partial charge on any atom is 0.282 e. The zero-order chi connectivity index (χ0) is 17.3. The van der Waals surface area contributed by atoms with E-state index in [0.717, 1.165) is 5.56 Å². The van der Waals surface area contributed by atoms with E-state index in [1.54, 1.807) is 48.5 Å². The van der Waals surface area contributed by atoms with E-state index in [1.807, 2.05) is 13.8 Å². The van der Waals surface area contributed by atoms with E-state index in [4.69, 9.17) is 0 Å². The molecule has 1 aliphatic carbocycles. The predicted molar refractivity (Wildman–Crippen MR) is 94.2 cm³/mol. The van der Waals surface area contributed by atoms with E-state index in [2.05, 4.69) is 4.40 Å². The van der Waals surface area contributed by atoms with Crippen LogP contribution in [0.25, 0.3) is 0 Å². The molecule has 2 aromatic carbocycles. The number of nitrogens with zero attached hydrogens (tertiary/aromatic N) is 1. The van der Waals surface area contributed by atoms with Crippen LogP contribution < -0.4 is 0 Å². The molecule has 0 fully saturated rings. The third-order valence-electron chi connectivity index (χ3n) is 3.92. The van der Waals surface area contributed by atoms with Gasteiger partial charge in [0.25, 0.3) is 10.0 Å². The van der Waals surface area contributed by atoms with Gasteiger partial charge in [-0.15, -0.1) is 0 Å². The average Bonchev–Trinajstić information content (AvgIpc) is 2.58. The third-order valence-corrected chi connectivity index (χ3v) is 5.23. The van der Waals surface area contributed by atoms with Crippen molar-refractivity contribution in [3.05, 3.63) is 77.4 Å². The number of ketones is 1. The monoisotopic (exact) mass is 339 g/mol. The van der Waals surface area contributed by atoms with Crippen LogP contribution >= 0.6 is 0 Å². The van der Waals surface area contributed by atoms with Crippen molar-refractivity contribution < 1.29 is 13.2 Å². The van der Waals surface area contributed by atoms with Gasteiger partial charge in [-0.1, -0.05) is 50.2 Å². The van der Waals surface area contributed by atoms with Gasteiger partial charge in [0, 0.05) is 11.1 Å². The number of allylic oxidation sites excluding steroid dienone is 2. The molecule has 4 nitrogen and oxygen atoms in total. The topological polar surface area (TPSA) is 63.6 Å². The van der Waals surface area contributed by atoms with Crippen LogP contribution in [0.2, 0.25) is 0 Å². The van der Waals surface area contributed by atoms with Crippen LogP contribution in [0, 0.1) is 0 Å². The van der Waals surface area contributed by atoms with Crippen molar-refractivity contribution >= 4 is 21.5 Å². The zero-order valence-electron chi connectivity index (χ0n) is 13.4. The van der Waals surface area contributed by atoms with Gasteiger partial charge in [0.2, 0.25) is 0 Å². The SMILES string of the molecule is CC(C)c1ccc(S(=O)(=O)N=C2C=CC(=O)c3ccccc32)cc1. The Kier molecular flexibility index (Phi) is 4.20. The second kappa shape index (κ2) is 6.17. The lowest BCUT2D eigenvalue weighted by atomic mass is 9.95. The Morgan fingerprint density at radius 3 is 2.12 bits per heavy atom. The van der Waals surface area contributed by atoms with Crippen LogP contribution in [0.1, 0.15) is 41.3 Å². The van der Waals surface area contributed by atoms with E-state index < -0.39 is 10.0 Å². The zero-order valence-corrected chi connectivity index (χ0v) is 14.2. The fourth-order valence-electron chi connectivity index (χ4n) is 2.54. The minimum atomic E-state index is -3.84. The van der Waals surface area contributed by atoms with Gasteiger partial charge in [-0.05, 0) is 35.8 Å². The Morgan fingerprint density at radius 2 is 1.50 bits per heavy atom. The molecule has 122 valence electrons. The first-order valence-corrected chi connectivity index (χ1v) is 9.09. The average molecular weight is 339 g/mol. The standard InChI is InChI=1S/C19H17NO3S/c1-13(2)14-7-9-15(10-8-14)24(22,23)20-18-11-12-19(21)17-6-4-3-5-16(17)18/h3-13H,1-2H3. The molecule has 0 saturated heterocycles. The first kappa shape index (κ1) is 16.3. The summed E-state index contributed by atoms with van der Waals surface area (Å²) in [5, 5.41) is 0. The number of hydrogen-bond acceptors (Lipinski definition) is 3. The molecule has 0 aromatic heterocycles. The molecule has 5 heteroatoms. The Bertz CT molecular complexity index is 952. The van der Waals surface area contributed by atoms with Crippen LogP contribution in [-0.2, 0) is 10.0 Å². The van der Waals surface area contributed by atoms with Crippen LogP contribution in [0.5, 0.6) is 0 Å². The molecule has 2 aromatic rings. The molecular weight excluding hydrogens is 322 g/mol. The lowest BCUT2D eigenvalue weighted by molar-refractivity contribution is 0.104. The smallest absolute Gasteiger partial charge is 0.282 e. The van der Waals surface area contributed by atoms with Gasteiger partial charge in [-0.3, -0.25) is 4.79 Å². The molecule has 0 radical (unpaired) electrons. The van der Waals surface area contributed by atoms with Crippen molar-refractivity contribution in [1.82, 2.24) is 0 Å². The molecule has 0 spiro atoms. The summed E-state index contributed by atoms with van der Waals surface area (Å²) in [5.74, 6) is 0.176. The molecule has 0 atom stereocenters. The highest BCUT2D eigenvalue weighted by Crippen LogP contribution is 2.22. The second-order valence-electron chi connectivity index (χ2n) is 5.92. The first-order valence-electron chi connectivity index (χ1n) is 7.65. The Morgan fingerprint density at radius 1 is 0.875 bits per heavy atom. The molecular formula is C19H17NO3S. The highest BCUT2D eigenvalue weighted by molar-refractivity contribution is 7.90. The molecule has 0 bridgehead atoms. The summed E-state index contributed by atoms with van der Waals surface area (Å²) in [5.41, 5.74) is 2.34. The van der Waals surface area contributed by atoms with Crippen molar-refractivity contribution in [3.8, 4) is 0 Å². The fraction of sp³-hybridized carbons (Fsp3) is 0.158. The van der Waals surface area contributed by atoms with Gasteiger partial charge in [-0.25, -0.2) is 0 Å². The molecule has 0 unspecified atom stereocenters. The van der Waals surface area contributed by atoms with E-state index in [9.17, 15) is 13.2 Å². The van der Waals surface area contributed by atoms with Crippen molar-refractivity contribution in [2.75, 3.05) is 0 Å². The van der Waals surface area contributed by atoms with Crippen molar-refractivity contribution in [3.63, 3.8) is 0 Å². The second-order valence-corrected chi connectivity index (χ2v) is 7.52. The summed E-state index contributed by atoms with van der Waals surface area (Å²) in [6, 6.07) is 13.6. The summed E-state index contributed by atoms with van der Waals surface area (Å²) in [4.78, 5) is 12.0. The number of benzene rings is 2. The van der Waals surface area contributed by atoms with Gasteiger partial charge in [0.05, 0.1) is 10.6 Å². The lowest BCUT2D eigenvalue weighted by Crippen LogP contribution is -2.14. The molecule has 0 saturated carbocycles. The summed E-state index contributed by atoms with van der Waals surface area (Å²) in [6.45, 7) is 4.09. The summed E-state index contributed by atoms with van der Waals surface area (Å²) >= 11 is 0. The normalized spacial score (nSPS) is 15.8. The molecule has 1 aliphatic rings. The third kappa shape index (κ3) is 3.08. The summed E-state index contributed by atoms with van der Waals surface area (Å²) in [7, 11) is -3.84. The van der Waals surface area contributed by atoms with E-state index in [0.29, 0.717) is 17.0 Å². The van der Waals surface area contributed by atoms with Gasteiger partial charge in [0.15, 0.2) is 5.78 Å². The number of carbonyl (C=O) groups excluding carboxylic acids is 1. The summed E-state index contributed by atoms with van der Waals surface area (Å²) < 4.78 is 29.1. The molecule has 24 heavy (non-hydrogen) atoms. The van der Waals surface area contributed by atoms with Crippen LogP contribution in [-0.4, -0.2) is 19.9 Å². The number of sulfonamides is 1. The van der Waals surface area contributed by atoms with Crippen LogP contribution in [0.4, 0.5) is 0 Å². The van der Waals surface area contributed by atoms with Crippen molar-refractivity contribution in [2.45, 2.75) is 24.7 Å². The molecule has 0 N–H and O–H groups in total. The van der Waals surface area contributed by atoms with Crippen molar-refractivity contribution in [2.24, 2.45) is 4.40 Å². The quantitative estimate of drug-likeness (QED) is 0.856. The van der Waals surface area contributed by atoms with Gasteiger partial charge >= 0.3 is 0 Å². The maximum atomic E-state index is 12.6. The lowest BCUT2D eigenvalue weighted by Gasteiger charge is -2.12. The number of carbonyl (C=O) groups is 1. The van der Waals surface area contributed by atoms with Crippen LogP contribution in [0.15, 0.2) is 70.0 Å². The minimum Gasteiger partial charge on any atom is -0.289 e. The van der Waals surface area contributed by atoms with Gasteiger partial charge in [-0.2, -0.15) is 12.8 Å². The van der Waals surface area contributed by atoms with E-state index >= 15 is 0 Å². The number of hydrogen-bond donors (Lipinski definition) is 0. The van der Waals surface area contributed by atoms with Crippen LogP contribution in [0.3, 0.4) is 0 Å². The largest absolute Gasteiger partial charge is 0.289 e. The fourth-order valence-corrected chi connectivity index (χ4v) is 3.55. The van der Waals surface area contributed by atoms with Crippen molar-refractivity contribution in [1.29, 1.82) is 0 Å². The Labute approximate surface area is 141 Å². The molecule has 3 rings (SSSR count). The Hall–Kier alpha value is -2.53. The Balaban J connectivity index is 2.04. The molecule has 0 heterocycles. The molecule has 0 aliphatic heterocycles. The van der Waals surface area contributed by atoms with Gasteiger partial charge < -0.3 is 0 Å². The number of fused-ring (bicyclic) bond motifs is 1. The minimum absolute atomic E-state index is 0.141. The maximum absolute atomic E-state index is 12.6. The highest BCUT2D eigenvalue weighted by Gasteiger charge is 2.20. The van der Waals surface area contributed by atoms with E-state index in [1.165, 1.54) is 12.2 Å². The molecule has 0 amide bonds. The summed E-state index contributed by atoms with van der Waals surface area (Å²) in [6.07, 6.45) is 2.79. The predicted octanol–water partition coefficient (Wildman–Crippen LogP) is 3.74. The van der Waals surface area contributed by atoms with Gasteiger partial charge in [0.1, 0.15) is 0 Å². The van der Waals surface area contributed by atoms with E-state index in [-0.39, 0.29) is 16.4 Å². The number of rotatable bonds is 3.